The van der Waals surface area contributed by atoms with Crippen LogP contribution in [0.3, 0.4) is 0 Å². The molecular weight excluding hydrogens is 537 g/mol. The standard InChI is InChI=1S/C32H38FN5O4/c1-6-26(28-35-38-20-7-9-27(38)30(40)37(28)21-23-12-16-25(33)17-13-23)36(29(39)24-14-10-22(2)11-15-24)19-8-18-34-31(41)42-32(3,4)5/h7,9-17,20,26H,6,8,18-19,21H2,1-5H3,(H,34,41). The second-order valence-electron chi connectivity index (χ2n) is 11.3. The first-order valence-corrected chi connectivity index (χ1v) is 14.1. The second kappa shape index (κ2) is 13.0. The molecule has 0 saturated heterocycles. The third-order valence-electron chi connectivity index (χ3n) is 6.80. The van der Waals surface area contributed by atoms with Gasteiger partial charge in [-0.05, 0) is 82.5 Å². The molecule has 1 atom stereocenters. The maximum absolute atomic E-state index is 14.0. The fourth-order valence-electron chi connectivity index (χ4n) is 4.76. The van der Waals surface area contributed by atoms with Gasteiger partial charge in [-0.15, -0.1) is 0 Å². The highest BCUT2D eigenvalue weighted by atomic mass is 19.1. The topological polar surface area (TPSA) is 97.9 Å². The number of rotatable bonds is 10. The number of carbonyl (C=O) groups is 2. The molecule has 0 aliphatic carbocycles. The van der Waals surface area contributed by atoms with E-state index in [4.69, 9.17) is 9.84 Å². The Balaban J connectivity index is 1.71. The summed E-state index contributed by atoms with van der Waals surface area (Å²) < 4.78 is 22.1. The van der Waals surface area contributed by atoms with Gasteiger partial charge < -0.3 is 15.0 Å². The van der Waals surface area contributed by atoms with E-state index in [1.807, 2.05) is 26.0 Å². The summed E-state index contributed by atoms with van der Waals surface area (Å²) >= 11 is 0. The Morgan fingerprint density at radius 3 is 2.40 bits per heavy atom. The molecule has 2 heterocycles. The van der Waals surface area contributed by atoms with Crippen molar-refractivity contribution in [1.29, 1.82) is 0 Å². The molecule has 0 spiro atoms. The van der Waals surface area contributed by atoms with Crippen LogP contribution in [0.1, 0.15) is 73.9 Å². The lowest BCUT2D eigenvalue weighted by molar-refractivity contribution is 0.0523. The number of ether oxygens (including phenoxy) is 1. The van der Waals surface area contributed by atoms with E-state index in [0.717, 1.165) is 11.1 Å². The van der Waals surface area contributed by atoms with Gasteiger partial charge in [0.25, 0.3) is 11.5 Å². The largest absolute Gasteiger partial charge is 0.444 e. The maximum Gasteiger partial charge on any atom is 0.407 e. The summed E-state index contributed by atoms with van der Waals surface area (Å²) in [5.74, 6) is -0.168. The predicted octanol–water partition coefficient (Wildman–Crippen LogP) is 5.50. The zero-order valence-corrected chi connectivity index (χ0v) is 24.8. The molecule has 1 N–H and O–H groups in total. The first-order valence-electron chi connectivity index (χ1n) is 14.1. The van der Waals surface area contributed by atoms with Crippen LogP contribution in [-0.4, -0.2) is 49.8 Å². The van der Waals surface area contributed by atoms with Crippen molar-refractivity contribution < 1.29 is 18.7 Å². The van der Waals surface area contributed by atoms with Crippen LogP contribution in [0.25, 0.3) is 5.52 Å². The van der Waals surface area contributed by atoms with E-state index < -0.39 is 17.7 Å². The summed E-state index contributed by atoms with van der Waals surface area (Å²) in [5.41, 5.74) is 1.77. The molecule has 2 amide bonds. The number of amides is 2. The van der Waals surface area contributed by atoms with Crippen LogP contribution >= 0.6 is 0 Å². The van der Waals surface area contributed by atoms with Crippen molar-refractivity contribution in [2.24, 2.45) is 0 Å². The van der Waals surface area contributed by atoms with E-state index in [-0.39, 0.29) is 36.9 Å². The number of halogens is 1. The van der Waals surface area contributed by atoms with E-state index in [9.17, 15) is 18.8 Å². The van der Waals surface area contributed by atoms with Crippen molar-refractivity contribution in [3.63, 3.8) is 0 Å². The van der Waals surface area contributed by atoms with Crippen LogP contribution in [0.2, 0.25) is 0 Å². The van der Waals surface area contributed by atoms with Crippen molar-refractivity contribution in [2.45, 2.75) is 65.6 Å². The highest BCUT2D eigenvalue weighted by molar-refractivity contribution is 5.94. The Labute approximate surface area is 244 Å². The van der Waals surface area contributed by atoms with E-state index >= 15 is 0 Å². The second-order valence-corrected chi connectivity index (χ2v) is 11.3. The summed E-state index contributed by atoms with van der Waals surface area (Å²) in [7, 11) is 0. The Kier molecular flexibility index (Phi) is 9.45. The van der Waals surface area contributed by atoms with E-state index in [1.165, 1.54) is 16.6 Å². The number of nitrogens with zero attached hydrogens (tertiary/aromatic N) is 4. The molecule has 0 aliphatic rings. The van der Waals surface area contributed by atoms with Gasteiger partial charge in [-0.25, -0.2) is 13.7 Å². The zero-order chi connectivity index (χ0) is 30.4. The van der Waals surface area contributed by atoms with Crippen molar-refractivity contribution in [3.8, 4) is 0 Å². The number of nitrogens with one attached hydrogen (secondary N) is 1. The Hall–Kier alpha value is -4.47. The number of benzene rings is 2. The maximum atomic E-state index is 14.0. The van der Waals surface area contributed by atoms with Gasteiger partial charge in [-0.3, -0.25) is 14.2 Å². The third-order valence-corrected chi connectivity index (χ3v) is 6.80. The van der Waals surface area contributed by atoms with Gasteiger partial charge in [0.05, 0.1) is 12.6 Å². The van der Waals surface area contributed by atoms with Crippen LogP contribution in [0.4, 0.5) is 9.18 Å². The number of hydrogen-bond acceptors (Lipinski definition) is 5. The van der Waals surface area contributed by atoms with Crippen molar-refractivity contribution in [2.75, 3.05) is 13.1 Å². The predicted molar refractivity (Wildman–Crippen MR) is 159 cm³/mol. The lowest BCUT2D eigenvalue weighted by Gasteiger charge is -2.32. The molecule has 2 aromatic carbocycles. The van der Waals surface area contributed by atoms with Crippen molar-refractivity contribution >= 4 is 17.5 Å². The first-order chi connectivity index (χ1) is 20.0. The van der Waals surface area contributed by atoms with Gasteiger partial charge in [0.2, 0.25) is 0 Å². The highest BCUT2D eigenvalue weighted by Gasteiger charge is 2.29. The zero-order valence-electron chi connectivity index (χ0n) is 24.8. The van der Waals surface area contributed by atoms with Crippen molar-refractivity contribution in [3.05, 3.63) is 106 Å². The molecule has 0 bridgehead atoms. The van der Waals surface area contributed by atoms with Crippen LogP contribution in [-0.2, 0) is 11.3 Å². The number of alkyl carbamates (subject to hydrolysis) is 1. The fourth-order valence-corrected chi connectivity index (χ4v) is 4.76. The minimum absolute atomic E-state index is 0.159. The van der Waals surface area contributed by atoms with E-state index in [0.29, 0.717) is 29.7 Å². The molecule has 1 unspecified atom stereocenters. The van der Waals surface area contributed by atoms with Crippen LogP contribution in [0, 0.1) is 12.7 Å². The van der Waals surface area contributed by atoms with Crippen molar-refractivity contribution in [1.82, 2.24) is 24.4 Å². The molecular formula is C32H38FN5O4. The monoisotopic (exact) mass is 575 g/mol. The first kappa shape index (κ1) is 30.5. The van der Waals surface area contributed by atoms with Crippen LogP contribution in [0.15, 0.2) is 71.7 Å². The third kappa shape index (κ3) is 7.43. The summed E-state index contributed by atoms with van der Waals surface area (Å²) in [4.78, 5) is 41.6. The van der Waals surface area contributed by atoms with Gasteiger partial charge in [0, 0.05) is 24.8 Å². The normalized spacial score (nSPS) is 12.2. The number of aryl methyl sites for hydroxylation is 1. The SMILES string of the molecule is CCC(c1nn2cccc2c(=O)n1Cc1ccc(F)cc1)N(CCCNC(=O)OC(C)(C)C)C(=O)c1ccc(C)cc1. The molecule has 0 aliphatic heterocycles. The van der Waals surface area contributed by atoms with E-state index in [1.54, 1.807) is 72.8 Å². The number of aromatic nitrogens is 3. The van der Waals surface area contributed by atoms with Gasteiger partial charge in [-0.1, -0.05) is 36.8 Å². The average molecular weight is 576 g/mol. The molecule has 10 heteroatoms. The Morgan fingerprint density at radius 1 is 1.07 bits per heavy atom. The summed E-state index contributed by atoms with van der Waals surface area (Å²) in [6.45, 7) is 10.0. The molecule has 0 radical (unpaired) electrons. The minimum Gasteiger partial charge on any atom is -0.444 e. The number of carbonyl (C=O) groups excluding carboxylic acids is 2. The molecule has 4 aromatic rings. The molecule has 2 aromatic heterocycles. The number of hydrogen-bond donors (Lipinski definition) is 1. The summed E-state index contributed by atoms with van der Waals surface area (Å²) in [6.07, 6.45) is 2.09. The molecule has 0 fully saturated rings. The van der Waals surface area contributed by atoms with Gasteiger partial charge >= 0.3 is 6.09 Å². The summed E-state index contributed by atoms with van der Waals surface area (Å²) in [6, 6.07) is 16.2. The average Bonchev–Trinajstić information content (AvgIpc) is 3.41. The molecule has 222 valence electrons. The molecule has 42 heavy (non-hydrogen) atoms. The smallest absolute Gasteiger partial charge is 0.407 e. The van der Waals surface area contributed by atoms with E-state index in [2.05, 4.69) is 5.32 Å². The quantitative estimate of drug-likeness (QED) is 0.252. The van der Waals surface area contributed by atoms with Crippen LogP contribution < -0.4 is 10.9 Å². The summed E-state index contributed by atoms with van der Waals surface area (Å²) in [5, 5.41) is 7.56. The van der Waals surface area contributed by atoms with Crippen LogP contribution in [0.5, 0.6) is 0 Å². The Morgan fingerprint density at radius 2 is 1.76 bits per heavy atom. The van der Waals surface area contributed by atoms with Gasteiger partial charge in [-0.2, -0.15) is 5.10 Å². The minimum atomic E-state index is -0.623. The number of fused-ring (bicyclic) bond motifs is 1. The van der Waals surface area contributed by atoms with Gasteiger partial charge in [0.15, 0.2) is 5.82 Å². The fraction of sp³-hybridized carbons (Fsp3) is 0.375. The lowest BCUT2D eigenvalue weighted by Crippen LogP contribution is -2.41. The Bertz CT molecular complexity index is 1590. The highest BCUT2D eigenvalue weighted by Crippen LogP contribution is 2.26. The van der Waals surface area contributed by atoms with Gasteiger partial charge in [0.1, 0.15) is 16.9 Å². The molecule has 4 rings (SSSR count). The molecule has 9 nitrogen and oxygen atoms in total. The lowest BCUT2D eigenvalue weighted by atomic mass is 10.1. The molecule has 0 saturated carbocycles.